The number of amides is 1. The molecule has 0 unspecified atom stereocenters. The van der Waals surface area contributed by atoms with Crippen molar-refractivity contribution in [2.75, 3.05) is 4.31 Å². The fourth-order valence-electron chi connectivity index (χ4n) is 3.77. The van der Waals surface area contributed by atoms with Crippen molar-refractivity contribution in [3.05, 3.63) is 89.0 Å². The minimum absolute atomic E-state index is 0.0422. The number of carbonyl (C=O) groups excluding carboxylic acids is 2. The summed E-state index contributed by atoms with van der Waals surface area (Å²) in [6.07, 6.45) is 0.114. The topological polar surface area (TPSA) is 129 Å². The van der Waals surface area contributed by atoms with Crippen molar-refractivity contribution in [1.82, 2.24) is 0 Å². The van der Waals surface area contributed by atoms with E-state index >= 15 is 0 Å². The predicted molar refractivity (Wildman–Crippen MR) is 128 cm³/mol. The summed E-state index contributed by atoms with van der Waals surface area (Å²) in [5, 5.41) is 7.91. The zero-order valence-corrected chi connectivity index (χ0v) is 20.4. The maximum Gasteiger partial charge on any atom is 0.272 e. The molecule has 0 saturated heterocycles. The third-order valence-corrected chi connectivity index (χ3v) is 9.60. The van der Waals surface area contributed by atoms with E-state index in [-0.39, 0.29) is 38.6 Å². The molecule has 10 heteroatoms. The quantitative estimate of drug-likeness (QED) is 0.403. The van der Waals surface area contributed by atoms with Gasteiger partial charge in [-0.25, -0.2) is 21.1 Å². The molecular weight excluding hydrogens is 488 g/mol. The molecule has 1 aliphatic heterocycles. The second kappa shape index (κ2) is 8.76. The van der Waals surface area contributed by atoms with Crippen LogP contribution in [0.25, 0.3) is 0 Å². The van der Waals surface area contributed by atoms with Crippen molar-refractivity contribution in [3.63, 3.8) is 0 Å². The van der Waals surface area contributed by atoms with E-state index in [1.807, 2.05) is 6.07 Å². The number of sulfonamides is 1. The molecule has 0 N–H and O–H groups in total. The van der Waals surface area contributed by atoms with Crippen LogP contribution in [-0.2, 0) is 26.3 Å². The van der Waals surface area contributed by atoms with Crippen LogP contribution in [0.5, 0.6) is 0 Å². The van der Waals surface area contributed by atoms with Gasteiger partial charge in [0, 0.05) is 16.7 Å². The molecule has 1 aliphatic rings. The molecule has 3 aromatic carbocycles. The summed E-state index contributed by atoms with van der Waals surface area (Å²) in [5.74, 6) is -1.46. The summed E-state index contributed by atoms with van der Waals surface area (Å²) >= 11 is 0. The Morgan fingerprint density at radius 3 is 2.23 bits per heavy atom. The van der Waals surface area contributed by atoms with Crippen LogP contribution in [0, 0.1) is 11.3 Å². The molecule has 178 valence electrons. The van der Waals surface area contributed by atoms with Gasteiger partial charge >= 0.3 is 0 Å². The smallest absolute Gasteiger partial charge is 0.272 e. The maximum absolute atomic E-state index is 13.5. The first-order valence-corrected chi connectivity index (χ1v) is 13.6. The van der Waals surface area contributed by atoms with Crippen LogP contribution in [0.3, 0.4) is 0 Å². The molecule has 1 amide bonds. The SMILES string of the molecule is CC(C)S(=O)(=O)N(C(=O)c1ccc2c(c1)S(=O)(=O)c1ccccc1C2=O)c1ccc(CC#N)cc1. The normalized spacial score (nSPS) is 14.1. The first kappa shape index (κ1) is 24.3. The first-order valence-electron chi connectivity index (χ1n) is 10.6. The van der Waals surface area contributed by atoms with Crippen molar-refractivity contribution in [2.24, 2.45) is 0 Å². The fraction of sp³-hybridized carbons (Fsp3) is 0.160. The van der Waals surface area contributed by atoms with Gasteiger partial charge in [-0.2, -0.15) is 5.26 Å². The molecule has 0 aliphatic carbocycles. The van der Waals surface area contributed by atoms with Crippen molar-refractivity contribution in [2.45, 2.75) is 35.3 Å². The lowest BCUT2D eigenvalue weighted by atomic mass is 10.0. The number of ketones is 1. The van der Waals surface area contributed by atoms with Gasteiger partial charge in [0.25, 0.3) is 5.91 Å². The Bertz CT molecular complexity index is 1620. The summed E-state index contributed by atoms with van der Waals surface area (Å²) < 4.78 is 53.4. The molecule has 0 spiro atoms. The van der Waals surface area contributed by atoms with Gasteiger partial charge in [0.15, 0.2) is 5.78 Å². The molecule has 3 aromatic rings. The fourth-order valence-corrected chi connectivity index (χ4v) is 6.62. The van der Waals surface area contributed by atoms with Crippen LogP contribution >= 0.6 is 0 Å². The van der Waals surface area contributed by atoms with Crippen molar-refractivity contribution < 1.29 is 26.4 Å². The molecule has 1 heterocycles. The number of nitrogens with zero attached hydrogens (tertiary/aromatic N) is 2. The van der Waals surface area contributed by atoms with Crippen LogP contribution in [0.15, 0.2) is 76.5 Å². The lowest BCUT2D eigenvalue weighted by Crippen LogP contribution is -2.41. The number of benzene rings is 3. The van der Waals surface area contributed by atoms with Crippen LogP contribution in [0.4, 0.5) is 5.69 Å². The molecule has 0 bridgehead atoms. The summed E-state index contributed by atoms with van der Waals surface area (Å²) in [7, 11) is -8.29. The number of sulfone groups is 1. The summed E-state index contributed by atoms with van der Waals surface area (Å²) in [5.41, 5.74) is 0.444. The third kappa shape index (κ3) is 4.03. The highest BCUT2D eigenvalue weighted by Gasteiger charge is 2.37. The van der Waals surface area contributed by atoms with Gasteiger partial charge in [0.1, 0.15) is 0 Å². The van der Waals surface area contributed by atoms with Crippen molar-refractivity contribution in [3.8, 4) is 6.07 Å². The first-order chi connectivity index (χ1) is 16.5. The highest BCUT2D eigenvalue weighted by molar-refractivity contribution is 7.94. The summed E-state index contributed by atoms with van der Waals surface area (Å²) in [6.45, 7) is 2.85. The zero-order chi connectivity index (χ0) is 25.5. The zero-order valence-electron chi connectivity index (χ0n) is 18.8. The largest absolute Gasteiger partial charge is 0.289 e. The van der Waals surface area contributed by atoms with E-state index in [4.69, 9.17) is 5.26 Å². The van der Waals surface area contributed by atoms with E-state index in [2.05, 4.69) is 0 Å². The molecule has 0 radical (unpaired) electrons. The lowest BCUT2D eigenvalue weighted by Gasteiger charge is -2.25. The van der Waals surface area contributed by atoms with Crippen LogP contribution in [-0.4, -0.2) is 33.8 Å². The number of hydrogen-bond donors (Lipinski definition) is 0. The Kier molecular flexibility index (Phi) is 6.09. The van der Waals surface area contributed by atoms with Crippen LogP contribution in [0.1, 0.15) is 45.7 Å². The van der Waals surface area contributed by atoms with Gasteiger partial charge in [0.05, 0.1) is 33.2 Å². The Labute approximate surface area is 203 Å². The molecule has 4 rings (SSSR count). The van der Waals surface area contributed by atoms with E-state index in [1.165, 1.54) is 56.3 Å². The number of carbonyl (C=O) groups is 2. The highest BCUT2D eigenvalue weighted by atomic mass is 32.2. The average Bonchev–Trinajstić information content (AvgIpc) is 2.83. The van der Waals surface area contributed by atoms with E-state index in [9.17, 15) is 26.4 Å². The van der Waals surface area contributed by atoms with Gasteiger partial charge in [-0.15, -0.1) is 0 Å². The Morgan fingerprint density at radius 2 is 1.60 bits per heavy atom. The number of anilines is 1. The second-order valence-electron chi connectivity index (χ2n) is 8.20. The van der Waals surface area contributed by atoms with Crippen molar-refractivity contribution in [1.29, 1.82) is 5.26 Å². The monoisotopic (exact) mass is 508 g/mol. The van der Waals surface area contributed by atoms with Gasteiger partial charge in [-0.3, -0.25) is 9.59 Å². The van der Waals surface area contributed by atoms with E-state index in [0.29, 0.717) is 9.87 Å². The van der Waals surface area contributed by atoms with E-state index in [0.717, 1.165) is 6.07 Å². The standard InChI is InChI=1S/C25H20N2O6S2/c1-16(2)35(32,33)27(19-10-7-17(8-11-19)13-14-26)25(29)18-9-12-21-23(15-18)34(30,31)22-6-4-3-5-20(22)24(21)28/h3-12,15-16H,13H2,1-2H3. The molecule has 8 nitrogen and oxygen atoms in total. The predicted octanol–water partition coefficient (Wildman–Crippen LogP) is 3.51. The molecule has 0 aromatic heterocycles. The molecule has 35 heavy (non-hydrogen) atoms. The Morgan fingerprint density at radius 1 is 0.971 bits per heavy atom. The Balaban J connectivity index is 1.85. The average molecular weight is 509 g/mol. The third-order valence-electron chi connectivity index (χ3n) is 5.67. The Hall–Kier alpha value is -3.81. The van der Waals surface area contributed by atoms with E-state index in [1.54, 1.807) is 18.2 Å². The van der Waals surface area contributed by atoms with Gasteiger partial charge < -0.3 is 0 Å². The maximum atomic E-state index is 13.5. The highest BCUT2D eigenvalue weighted by Crippen LogP contribution is 2.35. The van der Waals surface area contributed by atoms with Crippen LogP contribution < -0.4 is 4.31 Å². The number of fused-ring (bicyclic) bond motifs is 2. The number of rotatable bonds is 5. The molecule has 0 atom stereocenters. The summed E-state index contributed by atoms with van der Waals surface area (Å²) in [4.78, 5) is 25.9. The van der Waals surface area contributed by atoms with Crippen LogP contribution in [0.2, 0.25) is 0 Å². The number of hydrogen-bond acceptors (Lipinski definition) is 7. The minimum Gasteiger partial charge on any atom is -0.289 e. The molecular formula is C25H20N2O6S2. The summed E-state index contributed by atoms with van der Waals surface area (Å²) in [6, 6.07) is 17.2. The van der Waals surface area contributed by atoms with Crippen molar-refractivity contribution >= 4 is 37.2 Å². The van der Waals surface area contributed by atoms with E-state index < -0.39 is 36.8 Å². The minimum atomic E-state index is -4.17. The van der Waals surface area contributed by atoms with Gasteiger partial charge in [-0.05, 0) is 61.9 Å². The molecule has 0 saturated carbocycles. The van der Waals surface area contributed by atoms with Gasteiger partial charge in [0.2, 0.25) is 19.9 Å². The lowest BCUT2D eigenvalue weighted by molar-refractivity contribution is 0.0999. The van der Waals surface area contributed by atoms with Gasteiger partial charge in [-0.1, -0.05) is 24.3 Å². The second-order valence-corrected chi connectivity index (χ2v) is 12.4. The number of nitriles is 1. The molecule has 0 fully saturated rings.